The van der Waals surface area contributed by atoms with Gasteiger partial charge >= 0.3 is 6.18 Å². The summed E-state index contributed by atoms with van der Waals surface area (Å²) in [6, 6.07) is 6.86. The Morgan fingerprint density at radius 2 is 1.77 bits per heavy atom. The Labute approximate surface area is 173 Å². The van der Waals surface area contributed by atoms with E-state index in [9.17, 15) is 18.0 Å². The lowest BCUT2D eigenvalue weighted by Gasteiger charge is -2.12. The van der Waals surface area contributed by atoms with Crippen LogP contribution in [-0.4, -0.2) is 20.7 Å². The Bertz CT molecular complexity index is 1090. The summed E-state index contributed by atoms with van der Waals surface area (Å²) >= 11 is 0. The van der Waals surface area contributed by atoms with Crippen molar-refractivity contribution in [3.05, 3.63) is 69.8 Å². The number of hydrogen-bond acceptors (Lipinski definition) is 3. The number of aryl methyl sites for hydroxylation is 4. The lowest BCUT2D eigenvalue weighted by Crippen LogP contribution is -2.17. The highest BCUT2D eigenvalue weighted by Gasteiger charge is 2.30. The summed E-state index contributed by atoms with van der Waals surface area (Å²) in [5.41, 5.74) is 4.64. The van der Waals surface area contributed by atoms with Crippen molar-refractivity contribution in [2.45, 2.75) is 47.2 Å². The van der Waals surface area contributed by atoms with Crippen LogP contribution in [0.4, 0.5) is 18.9 Å². The molecule has 0 aliphatic heterocycles. The van der Waals surface area contributed by atoms with Gasteiger partial charge in [-0.3, -0.25) is 9.78 Å². The second-order valence-electron chi connectivity index (χ2n) is 7.38. The zero-order valence-corrected chi connectivity index (χ0v) is 17.5. The Morgan fingerprint density at radius 3 is 2.40 bits per heavy atom. The summed E-state index contributed by atoms with van der Waals surface area (Å²) in [5, 5.41) is 7.27. The van der Waals surface area contributed by atoms with Crippen molar-refractivity contribution in [3.8, 4) is 5.69 Å². The molecule has 1 amide bonds. The van der Waals surface area contributed by atoms with Gasteiger partial charge in [0.15, 0.2) is 0 Å². The van der Waals surface area contributed by atoms with E-state index in [1.54, 1.807) is 19.9 Å². The Kier molecular flexibility index (Phi) is 5.70. The number of nitrogens with one attached hydrogen (secondary N) is 1. The van der Waals surface area contributed by atoms with Crippen LogP contribution in [-0.2, 0) is 17.4 Å². The molecular weight excluding hydrogens is 393 g/mol. The van der Waals surface area contributed by atoms with Gasteiger partial charge in [0, 0.05) is 17.0 Å². The molecule has 0 saturated heterocycles. The number of rotatable bonds is 4. The maximum Gasteiger partial charge on any atom is 0.416 e. The first kappa shape index (κ1) is 21.5. The van der Waals surface area contributed by atoms with Gasteiger partial charge < -0.3 is 5.32 Å². The van der Waals surface area contributed by atoms with Crippen LogP contribution in [0.15, 0.2) is 30.3 Å². The molecule has 3 rings (SSSR count). The molecule has 0 atom stereocenters. The smallest absolute Gasteiger partial charge is 0.324 e. The van der Waals surface area contributed by atoms with Crippen LogP contribution in [0, 0.1) is 34.6 Å². The van der Waals surface area contributed by atoms with E-state index in [0.717, 1.165) is 29.1 Å². The monoisotopic (exact) mass is 416 g/mol. The van der Waals surface area contributed by atoms with Gasteiger partial charge in [0.2, 0.25) is 5.91 Å². The SMILES string of the molecule is Cc1cc(C)c(NC(=O)Cc2c(C)nn(-c3cccc(C(F)(F)F)c3)c2C)c(C)n1. The highest BCUT2D eigenvalue weighted by Crippen LogP contribution is 2.31. The fourth-order valence-electron chi connectivity index (χ4n) is 3.55. The van der Waals surface area contributed by atoms with E-state index in [1.165, 1.54) is 10.7 Å². The zero-order valence-electron chi connectivity index (χ0n) is 17.5. The lowest BCUT2D eigenvalue weighted by atomic mass is 10.1. The fraction of sp³-hybridized carbons (Fsp3) is 0.318. The van der Waals surface area contributed by atoms with E-state index in [2.05, 4.69) is 15.4 Å². The van der Waals surface area contributed by atoms with Crippen LogP contribution in [0.5, 0.6) is 0 Å². The second kappa shape index (κ2) is 7.93. The number of carbonyl (C=O) groups excluding carboxylic acids is 1. The molecule has 0 radical (unpaired) electrons. The number of nitrogens with zero attached hydrogens (tertiary/aromatic N) is 3. The van der Waals surface area contributed by atoms with E-state index < -0.39 is 11.7 Å². The third-order valence-corrected chi connectivity index (χ3v) is 4.99. The van der Waals surface area contributed by atoms with Crippen molar-refractivity contribution >= 4 is 11.6 Å². The van der Waals surface area contributed by atoms with Gasteiger partial charge in [-0.2, -0.15) is 18.3 Å². The van der Waals surface area contributed by atoms with Crippen molar-refractivity contribution in [1.82, 2.24) is 14.8 Å². The van der Waals surface area contributed by atoms with E-state index in [4.69, 9.17) is 0 Å². The van der Waals surface area contributed by atoms with Crippen molar-refractivity contribution in [3.63, 3.8) is 0 Å². The molecule has 1 N–H and O–H groups in total. The third-order valence-electron chi connectivity index (χ3n) is 4.99. The first-order valence-corrected chi connectivity index (χ1v) is 9.44. The predicted molar refractivity (Wildman–Crippen MR) is 109 cm³/mol. The van der Waals surface area contributed by atoms with E-state index in [-0.39, 0.29) is 12.3 Å². The first-order valence-electron chi connectivity index (χ1n) is 9.44. The van der Waals surface area contributed by atoms with E-state index in [0.29, 0.717) is 28.3 Å². The maximum absolute atomic E-state index is 13.1. The normalized spacial score (nSPS) is 11.6. The molecule has 8 heteroatoms. The number of alkyl halides is 3. The minimum Gasteiger partial charge on any atom is -0.324 e. The molecule has 5 nitrogen and oxygen atoms in total. The molecule has 1 aromatic carbocycles. The van der Waals surface area contributed by atoms with Gasteiger partial charge in [0.1, 0.15) is 0 Å². The number of amides is 1. The number of carbonyl (C=O) groups is 1. The third kappa shape index (κ3) is 4.37. The Balaban J connectivity index is 1.87. The average Bonchev–Trinajstić information content (AvgIpc) is 2.92. The van der Waals surface area contributed by atoms with Crippen LogP contribution >= 0.6 is 0 Å². The standard InChI is InChI=1S/C22H23F3N4O/c1-12-9-13(2)26-15(4)21(12)27-20(30)11-19-14(3)28-29(16(19)5)18-8-6-7-17(10-18)22(23,24)25/h6-10H,11H2,1-5H3,(H,27,30). The van der Waals surface area contributed by atoms with Crippen molar-refractivity contribution in [1.29, 1.82) is 0 Å². The number of anilines is 1. The molecule has 0 aliphatic rings. The zero-order chi connectivity index (χ0) is 22.2. The summed E-state index contributed by atoms with van der Waals surface area (Å²) in [7, 11) is 0. The predicted octanol–water partition coefficient (Wildman–Crippen LogP) is 5.01. The number of pyridine rings is 1. The molecule has 30 heavy (non-hydrogen) atoms. The van der Waals surface area contributed by atoms with Crippen LogP contribution in [0.1, 0.15) is 39.5 Å². The average molecular weight is 416 g/mol. The van der Waals surface area contributed by atoms with Crippen LogP contribution < -0.4 is 5.32 Å². The van der Waals surface area contributed by atoms with Crippen LogP contribution in [0.25, 0.3) is 5.69 Å². The van der Waals surface area contributed by atoms with Crippen molar-refractivity contribution < 1.29 is 18.0 Å². The highest BCUT2D eigenvalue weighted by atomic mass is 19.4. The molecule has 0 aliphatic carbocycles. The number of hydrogen-bond donors (Lipinski definition) is 1. The van der Waals surface area contributed by atoms with Crippen LogP contribution in [0.2, 0.25) is 0 Å². The molecule has 0 fully saturated rings. The molecular formula is C22H23F3N4O. The number of halogens is 3. The summed E-state index contributed by atoms with van der Waals surface area (Å²) in [5.74, 6) is -0.235. The van der Waals surface area contributed by atoms with Crippen molar-refractivity contribution in [2.75, 3.05) is 5.32 Å². The molecule has 2 aromatic heterocycles. The van der Waals surface area contributed by atoms with Gasteiger partial charge in [0.05, 0.1) is 34.7 Å². The summed E-state index contributed by atoms with van der Waals surface area (Å²) in [4.78, 5) is 17.1. The summed E-state index contributed by atoms with van der Waals surface area (Å²) < 4.78 is 40.6. The summed E-state index contributed by atoms with van der Waals surface area (Å²) in [6.07, 6.45) is -4.38. The molecule has 3 aromatic rings. The number of benzene rings is 1. The quantitative estimate of drug-likeness (QED) is 0.650. The summed E-state index contributed by atoms with van der Waals surface area (Å²) in [6.45, 7) is 9.11. The molecule has 2 heterocycles. The Morgan fingerprint density at radius 1 is 1.07 bits per heavy atom. The lowest BCUT2D eigenvalue weighted by molar-refractivity contribution is -0.137. The van der Waals surface area contributed by atoms with Crippen molar-refractivity contribution in [2.24, 2.45) is 0 Å². The minimum absolute atomic E-state index is 0.0589. The second-order valence-corrected chi connectivity index (χ2v) is 7.38. The largest absolute Gasteiger partial charge is 0.416 e. The number of aromatic nitrogens is 3. The van der Waals surface area contributed by atoms with E-state index >= 15 is 0 Å². The molecule has 0 unspecified atom stereocenters. The fourth-order valence-corrected chi connectivity index (χ4v) is 3.55. The van der Waals surface area contributed by atoms with Gasteiger partial charge in [0.25, 0.3) is 0 Å². The van der Waals surface area contributed by atoms with Gasteiger partial charge in [-0.05, 0) is 64.4 Å². The van der Waals surface area contributed by atoms with Gasteiger partial charge in [-0.1, -0.05) is 6.07 Å². The van der Waals surface area contributed by atoms with Gasteiger partial charge in [-0.15, -0.1) is 0 Å². The maximum atomic E-state index is 13.1. The topological polar surface area (TPSA) is 59.8 Å². The first-order chi connectivity index (χ1) is 14.0. The van der Waals surface area contributed by atoms with Crippen LogP contribution in [0.3, 0.4) is 0 Å². The minimum atomic E-state index is -4.44. The van der Waals surface area contributed by atoms with E-state index in [1.807, 2.05) is 26.8 Å². The van der Waals surface area contributed by atoms with Gasteiger partial charge in [-0.25, -0.2) is 4.68 Å². The highest BCUT2D eigenvalue weighted by molar-refractivity contribution is 5.93. The molecule has 0 bridgehead atoms. The molecule has 0 spiro atoms. The molecule has 0 saturated carbocycles. The molecule has 158 valence electrons. The Hall–Kier alpha value is -3.16.